The normalized spacial score (nSPS) is 20.8. The molecule has 0 bridgehead atoms. The van der Waals surface area contributed by atoms with Crippen molar-refractivity contribution in [2.24, 2.45) is 5.73 Å². The van der Waals surface area contributed by atoms with Gasteiger partial charge < -0.3 is 15.4 Å². The number of likely N-dealkylation sites (tertiary alicyclic amines) is 1. The number of rotatable bonds is 4. The van der Waals surface area contributed by atoms with Crippen LogP contribution in [0.2, 0.25) is 0 Å². The van der Waals surface area contributed by atoms with E-state index >= 15 is 0 Å². The maximum absolute atomic E-state index is 11.9. The van der Waals surface area contributed by atoms with Gasteiger partial charge in [0.25, 0.3) is 0 Å². The van der Waals surface area contributed by atoms with Crippen molar-refractivity contribution in [1.82, 2.24) is 4.90 Å². The molecule has 0 spiro atoms. The highest BCUT2D eigenvalue weighted by molar-refractivity contribution is 7.80. The molecule has 1 saturated heterocycles. The number of amides is 1. The SMILES string of the molecule is NC(=S)C1CCCCN1C(=O)COCC(F)(F)F. The first-order valence-corrected chi connectivity index (χ1v) is 5.95. The molecule has 18 heavy (non-hydrogen) atoms. The number of halogens is 3. The Bertz CT molecular complexity index is 323. The van der Waals surface area contributed by atoms with E-state index in [0.717, 1.165) is 12.8 Å². The first kappa shape index (κ1) is 15.2. The lowest BCUT2D eigenvalue weighted by molar-refractivity contribution is -0.178. The van der Waals surface area contributed by atoms with Crippen LogP contribution in [0.3, 0.4) is 0 Å². The van der Waals surface area contributed by atoms with Crippen LogP contribution in [0.1, 0.15) is 19.3 Å². The van der Waals surface area contributed by atoms with E-state index in [4.69, 9.17) is 18.0 Å². The van der Waals surface area contributed by atoms with Crippen LogP contribution in [0, 0.1) is 0 Å². The summed E-state index contributed by atoms with van der Waals surface area (Å²) in [5, 5.41) is 0. The van der Waals surface area contributed by atoms with Crippen molar-refractivity contribution in [3.8, 4) is 0 Å². The minimum absolute atomic E-state index is 0.193. The summed E-state index contributed by atoms with van der Waals surface area (Å²) in [6.45, 7) is -1.57. The molecule has 8 heteroatoms. The zero-order valence-electron chi connectivity index (χ0n) is 9.70. The number of alkyl halides is 3. The zero-order valence-corrected chi connectivity index (χ0v) is 10.5. The number of thiocarbonyl (C=S) groups is 1. The van der Waals surface area contributed by atoms with Crippen LogP contribution >= 0.6 is 12.2 Å². The van der Waals surface area contributed by atoms with E-state index in [1.165, 1.54) is 4.90 Å². The molecule has 1 fully saturated rings. The predicted molar refractivity (Wildman–Crippen MR) is 63.0 cm³/mol. The van der Waals surface area contributed by atoms with Crippen LogP contribution in [-0.4, -0.2) is 47.8 Å². The second-order valence-electron chi connectivity index (χ2n) is 4.11. The number of ether oxygens (including phenoxy) is 1. The van der Waals surface area contributed by atoms with Crippen LogP contribution in [-0.2, 0) is 9.53 Å². The van der Waals surface area contributed by atoms with Gasteiger partial charge in [0.1, 0.15) is 13.2 Å². The van der Waals surface area contributed by atoms with E-state index in [0.29, 0.717) is 13.0 Å². The number of hydrogen-bond donors (Lipinski definition) is 1. The van der Waals surface area contributed by atoms with Crippen molar-refractivity contribution in [3.05, 3.63) is 0 Å². The molecule has 0 radical (unpaired) electrons. The van der Waals surface area contributed by atoms with Gasteiger partial charge in [-0.25, -0.2) is 0 Å². The highest BCUT2D eigenvalue weighted by Gasteiger charge is 2.31. The summed E-state index contributed by atoms with van der Waals surface area (Å²) in [7, 11) is 0. The first-order valence-electron chi connectivity index (χ1n) is 5.54. The smallest absolute Gasteiger partial charge is 0.392 e. The van der Waals surface area contributed by atoms with Gasteiger partial charge in [0.15, 0.2) is 0 Å². The predicted octanol–water partition coefficient (Wildman–Crippen LogP) is 1.23. The fourth-order valence-corrected chi connectivity index (χ4v) is 2.11. The van der Waals surface area contributed by atoms with E-state index in [2.05, 4.69) is 4.74 Å². The van der Waals surface area contributed by atoms with Gasteiger partial charge in [-0.05, 0) is 19.3 Å². The quantitative estimate of drug-likeness (QED) is 0.789. The Morgan fingerprint density at radius 2 is 2.11 bits per heavy atom. The minimum Gasteiger partial charge on any atom is -0.392 e. The Morgan fingerprint density at radius 3 is 2.67 bits per heavy atom. The van der Waals surface area contributed by atoms with Crippen LogP contribution in [0.5, 0.6) is 0 Å². The third kappa shape index (κ3) is 4.77. The van der Waals surface area contributed by atoms with E-state index in [1.807, 2.05) is 0 Å². The van der Waals surface area contributed by atoms with Crippen molar-refractivity contribution < 1.29 is 22.7 Å². The highest BCUT2D eigenvalue weighted by atomic mass is 32.1. The highest BCUT2D eigenvalue weighted by Crippen LogP contribution is 2.18. The van der Waals surface area contributed by atoms with E-state index < -0.39 is 25.3 Å². The van der Waals surface area contributed by atoms with Crippen LogP contribution in [0.4, 0.5) is 13.2 Å². The lowest BCUT2D eigenvalue weighted by Gasteiger charge is -2.35. The average molecular weight is 284 g/mol. The van der Waals surface area contributed by atoms with Crippen LogP contribution in [0.15, 0.2) is 0 Å². The lowest BCUT2D eigenvalue weighted by Crippen LogP contribution is -2.51. The maximum Gasteiger partial charge on any atom is 0.411 e. The summed E-state index contributed by atoms with van der Waals surface area (Å²) in [6, 6.07) is -0.365. The molecule has 0 aromatic rings. The fourth-order valence-electron chi connectivity index (χ4n) is 1.86. The molecule has 1 rings (SSSR count). The number of nitrogens with zero attached hydrogens (tertiary/aromatic N) is 1. The monoisotopic (exact) mass is 284 g/mol. The Balaban J connectivity index is 2.46. The van der Waals surface area contributed by atoms with Gasteiger partial charge in [-0.2, -0.15) is 13.2 Å². The first-order chi connectivity index (χ1) is 8.31. The molecule has 1 atom stereocenters. The Hall–Kier alpha value is -0.890. The van der Waals surface area contributed by atoms with Crippen LogP contribution in [0.25, 0.3) is 0 Å². The molecule has 0 saturated carbocycles. The largest absolute Gasteiger partial charge is 0.411 e. The molecule has 2 N–H and O–H groups in total. The standard InChI is InChI=1S/C10H15F3N2O2S/c11-10(12,13)6-17-5-8(16)15-4-2-1-3-7(15)9(14)18/h7H,1-6H2,(H2,14,18). The lowest BCUT2D eigenvalue weighted by atomic mass is 10.0. The van der Waals surface area contributed by atoms with Gasteiger partial charge in [-0.15, -0.1) is 0 Å². The van der Waals surface area contributed by atoms with E-state index in [9.17, 15) is 18.0 Å². The third-order valence-corrected chi connectivity index (χ3v) is 2.91. The van der Waals surface area contributed by atoms with Gasteiger partial charge in [-0.3, -0.25) is 4.79 Å². The van der Waals surface area contributed by atoms with Crippen molar-refractivity contribution in [2.45, 2.75) is 31.5 Å². The summed E-state index contributed by atoms with van der Waals surface area (Å²) in [5.74, 6) is -0.503. The average Bonchev–Trinajstić information content (AvgIpc) is 2.27. The third-order valence-electron chi connectivity index (χ3n) is 2.64. The molecule has 4 nitrogen and oxygen atoms in total. The number of carbonyl (C=O) groups is 1. The number of hydrogen-bond acceptors (Lipinski definition) is 3. The number of carbonyl (C=O) groups excluding carboxylic acids is 1. The molecule has 1 heterocycles. The summed E-state index contributed by atoms with van der Waals surface area (Å²) in [6.07, 6.45) is -2.08. The minimum atomic E-state index is -4.43. The molecular formula is C10H15F3N2O2S. The second kappa shape index (κ2) is 6.33. The maximum atomic E-state index is 11.9. The summed E-state index contributed by atoms with van der Waals surface area (Å²) in [5.41, 5.74) is 5.51. The van der Waals surface area contributed by atoms with Gasteiger partial charge in [-0.1, -0.05) is 12.2 Å². The molecule has 1 amide bonds. The van der Waals surface area contributed by atoms with Gasteiger partial charge in [0, 0.05) is 6.54 Å². The molecule has 0 aliphatic carbocycles. The molecule has 1 aliphatic heterocycles. The van der Waals surface area contributed by atoms with Gasteiger partial charge in [0.05, 0.1) is 11.0 Å². The fraction of sp³-hybridized carbons (Fsp3) is 0.800. The van der Waals surface area contributed by atoms with Crippen LogP contribution < -0.4 is 5.73 Å². The molecule has 1 unspecified atom stereocenters. The van der Waals surface area contributed by atoms with E-state index in [-0.39, 0.29) is 11.0 Å². The second-order valence-corrected chi connectivity index (χ2v) is 4.58. The Morgan fingerprint density at radius 1 is 1.44 bits per heavy atom. The molecule has 0 aromatic heterocycles. The Labute approximate surface area is 108 Å². The summed E-state index contributed by atoms with van der Waals surface area (Å²) < 4.78 is 39.9. The molecular weight excluding hydrogens is 269 g/mol. The van der Waals surface area contributed by atoms with Crippen molar-refractivity contribution >= 4 is 23.1 Å². The number of piperidine rings is 1. The Kier molecular flexibility index (Phi) is 5.33. The molecule has 0 aromatic carbocycles. The van der Waals surface area contributed by atoms with Gasteiger partial charge >= 0.3 is 6.18 Å². The van der Waals surface area contributed by atoms with Crippen molar-refractivity contribution in [3.63, 3.8) is 0 Å². The molecule has 1 aliphatic rings. The number of nitrogens with two attached hydrogens (primary N) is 1. The van der Waals surface area contributed by atoms with Crippen molar-refractivity contribution in [2.75, 3.05) is 19.8 Å². The van der Waals surface area contributed by atoms with Gasteiger partial charge in [0.2, 0.25) is 5.91 Å². The molecule has 104 valence electrons. The summed E-state index contributed by atoms with van der Waals surface area (Å²) >= 11 is 4.85. The topological polar surface area (TPSA) is 55.6 Å². The summed E-state index contributed by atoms with van der Waals surface area (Å²) in [4.78, 5) is 13.3. The van der Waals surface area contributed by atoms with E-state index in [1.54, 1.807) is 0 Å². The zero-order chi connectivity index (χ0) is 13.8. The van der Waals surface area contributed by atoms with Crippen molar-refractivity contribution in [1.29, 1.82) is 0 Å².